The van der Waals surface area contributed by atoms with Crippen LogP contribution in [0.3, 0.4) is 0 Å². The number of hydrogen-bond acceptors (Lipinski definition) is 3. The number of carbonyl (C=O) groups is 2. The number of hydrogen-bond donors (Lipinski definition) is 0. The fourth-order valence-electron chi connectivity index (χ4n) is 0.0747. The molecule has 0 aliphatic carbocycles. The number of carbonyl (C=O) groups excluding carboxylic acids is 2. The van der Waals surface area contributed by atoms with Gasteiger partial charge in [0.1, 0.15) is 0 Å². The van der Waals surface area contributed by atoms with Crippen LogP contribution in [-0.4, -0.2) is 41.8 Å². The zero-order valence-corrected chi connectivity index (χ0v) is 6.87. The minimum absolute atomic E-state index is 0.641. The van der Waals surface area contributed by atoms with E-state index in [-0.39, 0.29) is 0 Å². The second-order valence-electron chi connectivity index (χ2n) is 0.634. The van der Waals surface area contributed by atoms with Crippen molar-refractivity contribution >= 4 is 41.8 Å². The van der Waals surface area contributed by atoms with Crippen molar-refractivity contribution in [1.29, 1.82) is 0 Å². The van der Waals surface area contributed by atoms with E-state index in [1.54, 1.807) is 32.0 Å². The first kappa shape index (κ1) is 7.18. The van der Waals surface area contributed by atoms with Crippen molar-refractivity contribution in [1.82, 2.24) is 0 Å². The van der Waals surface area contributed by atoms with Crippen LogP contribution in [0.4, 0.5) is 9.59 Å². The van der Waals surface area contributed by atoms with Crippen LogP contribution in [0.1, 0.15) is 0 Å². The molecule has 0 spiro atoms. The van der Waals surface area contributed by atoms with E-state index >= 15 is 0 Å². The normalized spacial score (nSPS) is 7.71. The molecule has 0 saturated carbocycles. The second-order valence-corrected chi connectivity index (χ2v) is 2.17. The maximum absolute atomic E-state index is 9.77. The SMILES string of the molecule is O=C([SeH])OC(=O)[SeH]. The Morgan fingerprint density at radius 3 is 1.43 bits per heavy atom. The van der Waals surface area contributed by atoms with Gasteiger partial charge in [0.2, 0.25) is 0 Å². The van der Waals surface area contributed by atoms with Gasteiger partial charge in [0.05, 0.1) is 0 Å². The van der Waals surface area contributed by atoms with Crippen LogP contribution in [0.15, 0.2) is 0 Å². The molecule has 0 amide bonds. The average molecular weight is 232 g/mol. The summed E-state index contributed by atoms with van der Waals surface area (Å²) in [6, 6.07) is 0. The summed E-state index contributed by atoms with van der Waals surface area (Å²) in [6.07, 6.45) is 0. The first-order valence-electron chi connectivity index (χ1n) is 1.26. The molecule has 0 aromatic heterocycles. The minimum atomic E-state index is -0.641. The van der Waals surface area contributed by atoms with Crippen LogP contribution in [0.5, 0.6) is 0 Å². The summed E-state index contributed by atoms with van der Waals surface area (Å²) in [5.74, 6) is 0. The molecule has 0 heterocycles. The Bertz CT molecular complexity index is 87.1. The zero-order valence-electron chi connectivity index (χ0n) is 3.12. The van der Waals surface area contributed by atoms with Crippen molar-refractivity contribution in [2.24, 2.45) is 0 Å². The van der Waals surface area contributed by atoms with E-state index in [1.165, 1.54) is 0 Å². The molecular formula is C2H2O3Se2. The van der Waals surface area contributed by atoms with Crippen LogP contribution >= 0.6 is 0 Å². The van der Waals surface area contributed by atoms with Crippen LogP contribution < -0.4 is 0 Å². The maximum atomic E-state index is 9.77. The average Bonchev–Trinajstić information content (AvgIpc) is 1.27. The quantitative estimate of drug-likeness (QED) is 0.399. The molecule has 0 aliphatic heterocycles. The van der Waals surface area contributed by atoms with Crippen LogP contribution in [0.25, 0.3) is 0 Å². The van der Waals surface area contributed by atoms with Gasteiger partial charge < -0.3 is 0 Å². The van der Waals surface area contributed by atoms with Crippen molar-refractivity contribution in [2.75, 3.05) is 0 Å². The summed E-state index contributed by atoms with van der Waals surface area (Å²) in [5.41, 5.74) is 0. The van der Waals surface area contributed by atoms with Gasteiger partial charge in [0, 0.05) is 0 Å². The van der Waals surface area contributed by atoms with Crippen molar-refractivity contribution < 1.29 is 14.3 Å². The molecule has 0 aliphatic rings. The van der Waals surface area contributed by atoms with E-state index in [9.17, 15) is 9.59 Å². The molecule has 0 N–H and O–H groups in total. The molecule has 7 heavy (non-hydrogen) atoms. The molecular weight excluding hydrogens is 230 g/mol. The molecule has 0 unspecified atom stereocenters. The first-order valence-corrected chi connectivity index (χ1v) is 3.14. The van der Waals surface area contributed by atoms with Gasteiger partial charge >= 0.3 is 56.1 Å². The van der Waals surface area contributed by atoms with Gasteiger partial charge in [-0.25, -0.2) is 0 Å². The summed E-state index contributed by atoms with van der Waals surface area (Å²) >= 11 is 3.15. The fraction of sp³-hybridized carbons (Fsp3) is 0. The Morgan fingerprint density at radius 1 is 1.14 bits per heavy atom. The summed E-state index contributed by atoms with van der Waals surface area (Å²) < 4.78 is 3.92. The summed E-state index contributed by atoms with van der Waals surface area (Å²) in [4.78, 5) is 18.3. The third-order valence-corrected chi connectivity index (χ3v) is 0.558. The fourth-order valence-corrected chi connectivity index (χ4v) is 0.762. The van der Waals surface area contributed by atoms with Crippen LogP contribution in [-0.2, 0) is 4.74 Å². The van der Waals surface area contributed by atoms with Crippen molar-refractivity contribution in [3.05, 3.63) is 0 Å². The first-order chi connectivity index (χ1) is 3.13. The molecule has 0 aromatic rings. The summed E-state index contributed by atoms with van der Waals surface area (Å²) in [7, 11) is 0. The van der Waals surface area contributed by atoms with E-state index in [0.717, 1.165) is 0 Å². The van der Waals surface area contributed by atoms with Gasteiger partial charge in [0.25, 0.3) is 0 Å². The van der Waals surface area contributed by atoms with E-state index in [2.05, 4.69) is 4.74 Å². The third kappa shape index (κ3) is 6.18. The van der Waals surface area contributed by atoms with Crippen LogP contribution in [0, 0.1) is 0 Å². The predicted octanol–water partition coefficient (Wildman–Crippen LogP) is -0.955. The summed E-state index contributed by atoms with van der Waals surface area (Å²) in [5, 5.41) is 0. The number of ether oxygens (including phenoxy) is 1. The van der Waals surface area contributed by atoms with Gasteiger partial charge in [-0.2, -0.15) is 0 Å². The molecule has 0 aromatic carbocycles. The third-order valence-electron chi connectivity index (χ3n) is 0.175. The molecule has 0 fully saturated rings. The van der Waals surface area contributed by atoms with Gasteiger partial charge in [0.15, 0.2) is 0 Å². The van der Waals surface area contributed by atoms with Gasteiger partial charge in [-0.1, -0.05) is 0 Å². The van der Waals surface area contributed by atoms with E-state index in [1.807, 2.05) is 0 Å². The topological polar surface area (TPSA) is 43.4 Å². The van der Waals surface area contributed by atoms with Crippen molar-refractivity contribution in [3.63, 3.8) is 0 Å². The molecule has 3 nitrogen and oxygen atoms in total. The van der Waals surface area contributed by atoms with E-state index in [4.69, 9.17) is 0 Å². The van der Waals surface area contributed by atoms with Crippen LogP contribution in [0.2, 0.25) is 0 Å². The second kappa shape index (κ2) is 3.22. The Labute approximate surface area is 56.4 Å². The van der Waals surface area contributed by atoms with E-state index in [0.29, 0.717) is 0 Å². The molecule has 0 rings (SSSR count). The summed E-state index contributed by atoms with van der Waals surface area (Å²) in [6.45, 7) is 0. The van der Waals surface area contributed by atoms with Gasteiger partial charge in [-0.05, 0) is 0 Å². The number of rotatable bonds is 0. The molecule has 0 saturated heterocycles. The standard InChI is InChI=1S/C2H2O3Se2/c3-1(6)5-2(4)7/h(H,3,6)(H,4,7). The Morgan fingerprint density at radius 2 is 1.43 bits per heavy atom. The van der Waals surface area contributed by atoms with Gasteiger partial charge in [-0.3, -0.25) is 0 Å². The zero-order chi connectivity index (χ0) is 5.86. The van der Waals surface area contributed by atoms with Crippen molar-refractivity contribution in [2.45, 2.75) is 0 Å². The molecule has 0 bridgehead atoms. The Kier molecular flexibility index (Phi) is 3.30. The molecule has 0 atom stereocenters. The Balaban J connectivity index is 3.32. The molecule has 0 radical (unpaired) electrons. The Hall–Kier alpha value is 0.179. The van der Waals surface area contributed by atoms with E-state index < -0.39 is 9.74 Å². The monoisotopic (exact) mass is 234 g/mol. The van der Waals surface area contributed by atoms with Gasteiger partial charge in [-0.15, -0.1) is 0 Å². The van der Waals surface area contributed by atoms with Crippen molar-refractivity contribution in [3.8, 4) is 0 Å². The molecule has 5 heteroatoms. The molecule has 40 valence electrons. The predicted molar refractivity (Wildman–Crippen MR) is 26.2 cm³/mol.